The third-order valence-electron chi connectivity index (χ3n) is 4.52. The molecule has 2 aromatic rings. The lowest BCUT2D eigenvalue weighted by Gasteiger charge is -2.23. The van der Waals surface area contributed by atoms with Crippen molar-refractivity contribution >= 4 is 35.5 Å². The van der Waals surface area contributed by atoms with Crippen molar-refractivity contribution in [2.45, 2.75) is 45.3 Å². The predicted molar refractivity (Wildman–Crippen MR) is 127 cm³/mol. The van der Waals surface area contributed by atoms with Gasteiger partial charge in [0.15, 0.2) is 0 Å². The molecule has 34 heavy (non-hydrogen) atoms. The summed E-state index contributed by atoms with van der Waals surface area (Å²) in [5, 5.41) is 29.5. The van der Waals surface area contributed by atoms with E-state index in [0.29, 0.717) is 5.69 Å². The van der Waals surface area contributed by atoms with Crippen LogP contribution in [0.25, 0.3) is 6.08 Å². The van der Waals surface area contributed by atoms with Gasteiger partial charge in [-0.3, -0.25) is 4.79 Å². The fraction of sp³-hybridized carbons (Fsp3) is 0.320. The molecule has 2 aromatic carbocycles. The van der Waals surface area contributed by atoms with Crippen LogP contribution in [0.3, 0.4) is 0 Å². The number of nitrogens with zero attached hydrogens (tertiary/aromatic N) is 2. The first kappa shape index (κ1) is 26.2. The number of benzene rings is 2. The lowest BCUT2D eigenvalue weighted by molar-refractivity contribution is -0.144. The molecule has 180 valence electrons. The van der Waals surface area contributed by atoms with E-state index in [1.807, 2.05) is 42.5 Å². The number of alkyl carbamates (subject to hydrolysis) is 1. The Bertz CT molecular complexity index is 1030. The van der Waals surface area contributed by atoms with Crippen LogP contribution in [-0.2, 0) is 14.3 Å². The van der Waals surface area contributed by atoms with Crippen LogP contribution < -0.4 is 5.32 Å². The minimum absolute atomic E-state index is 0.0879. The summed E-state index contributed by atoms with van der Waals surface area (Å²) < 4.78 is 5.06. The van der Waals surface area contributed by atoms with Gasteiger partial charge in [-0.15, -0.1) is 0 Å². The van der Waals surface area contributed by atoms with E-state index >= 15 is 0 Å². The van der Waals surface area contributed by atoms with Crippen LogP contribution in [0.15, 0.2) is 70.9 Å². The monoisotopic (exact) mass is 467 g/mol. The number of ether oxygens (including phenoxy) is 1. The number of carbonyl (C=O) groups is 3. The minimum Gasteiger partial charge on any atom is -0.481 e. The molecule has 0 heterocycles. The van der Waals surface area contributed by atoms with Crippen LogP contribution in [0.5, 0.6) is 0 Å². The summed E-state index contributed by atoms with van der Waals surface area (Å²) in [5.41, 5.74) is 1.43. The highest BCUT2D eigenvalue weighted by molar-refractivity contribution is 5.81. The summed E-state index contributed by atoms with van der Waals surface area (Å²) in [5.74, 6) is -3.49. The van der Waals surface area contributed by atoms with Crippen LogP contribution >= 0.6 is 0 Å². The van der Waals surface area contributed by atoms with Gasteiger partial charge in [0.25, 0.3) is 0 Å². The molecule has 2 atom stereocenters. The Kier molecular flexibility index (Phi) is 9.49. The molecule has 0 bridgehead atoms. The van der Waals surface area contributed by atoms with Crippen molar-refractivity contribution in [3.8, 4) is 0 Å². The summed E-state index contributed by atoms with van der Waals surface area (Å²) in [6, 6.07) is 15.1. The first-order valence-corrected chi connectivity index (χ1v) is 10.7. The van der Waals surface area contributed by atoms with Gasteiger partial charge >= 0.3 is 18.0 Å². The molecule has 0 radical (unpaired) electrons. The fourth-order valence-corrected chi connectivity index (χ4v) is 2.88. The number of allylic oxidation sites excluding steroid dienone is 1. The zero-order chi connectivity index (χ0) is 25.1. The van der Waals surface area contributed by atoms with Gasteiger partial charge in [0.05, 0.1) is 17.3 Å². The SMILES string of the molecule is CC(C)(C)OC(=O)N[C@@H](C[C@@H](CC=Cc1ccc(N=Nc2ccccc2)cc1)C(=O)O)C(=O)O. The zero-order valence-electron chi connectivity index (χ0n) is 19.3. The molecular weight excluding hydrogens is 438 g/mol. The van der Waals surface area contributed by atoms with E-state index in [1.54, 1.807) is 45.1 Å². The lowest BCUT2D eigenvalue weighted by atomic mass is 9.96. The summed E-state index contributed by atoms with van der Waals surface area (Å²) in [7, 11) is 0. The van der Waals surface area contributed by atoms with Crippen molar-refractivity contribution in [2.75, 3.05) is 0 Å². The van der Waals surface area contributed by atoms with Gasteiger partial charge in [-0.25, -0.2) is 9.59 Å². The average Bonchev–Trinajstić information content (AvgIpc) is 2.76. The molecule has 0 aliphatic rings. The molecular formula is C25H29N3O6. The second kappa shape index (κ2) is 12.3. The van der Waals surface area contributed by atoms with Gasteiger partial charge in [-0.05, 0) is 63.4 Å². The summed E-state index contributed by atoms with van der Waals surface area (Å²) in [4.78, 5) is 35.1. The number of aliphatic carboxylic acids is 2. The number of carboxylic acid groups (broad SMARTS) is 2. The topological polar surface area (TPSA) is 138 Å². The molecule has 9 heteroatoms. The number of azo groups is 1. The van der Waals surface area contributed by atoms with Crippen LogP contribution in [0.4, 0.5) is 16.2 Å². The second-order valence-corrected chi connectivity index (χ2v) is 8.57. The lowest BCUT2D eigenvalue weighted by Crippen LogP contribution is -2.45. The molecule has 0 aliphatic carbocycles. The Morgan fingerprint density at radius 1 is 0.941 bits per heavy atom. The molecule has 0 unspecified atom stereocenters. The highest BCUT2D eigenvalue weighted by Crippen LogP contribution is 2.20. The molecule has 0 spiro atoms. The summed E-state index contributed by atoms with van der Waals surface area (Å²) in [6.07, 6.45) is 2.29. The molecule has 0 aromatic heterocycles. The third kappa shape index (κ3) is 9.64. The molecule has 0 saturated heterocycles. The maximum Gasteiger partial charge on any atom is 0.408 e. The van der Waals surface area contributed by atoms with Gasteiger partial charge < -0.3 is 20.3 Å². The second-order valence-electron chi connectivity index (χ2n) is 8.57. The molecule has 0 fully saturated rings. The number of carboxylic acids is 2. The van der Waals surface area contributed by atoms with Crippen molar-refractivity contribution in [1.82, 2.24) is 5.32 Å². The van der Waals surface area contributed by atoms with E-state index in [4.69, 9.17) is 4.74 Å². The van der Waals surface area contributed by atoms with Crippen LogP contribution in [0, 0.1) is 5.92 Å². The van der Waals surface area contributed by atoms with E-state index in [-0.39, 0.29) is 12.8 Å². The smallest absolute Gasteiger partial charge is 0.408 e. The van der Waals surface area contributed by atoms with Crippen molar-refractivity contribution in [3.05, 3.63) is 66.2 Å². The summed E-state index contributed by atoms with van der Waals surface area (Å²) in [6.45, 7) is 4.93. The number of hydrogen-bond donors (Lipinski definition) is 3. The Morgan fingerprint density at radius 2 is 1.53 bits per heavy atom. The Morgan fingerprint density at radius 3 is 2.06 bits per heavy atom. The average molecular weight is 468 g/mol. The number of nitrogens with one attached hydrogen (secondary N) is 1. The van der Waals surface area contributed by atoms with Gasteiger partial charge in [0.2, 0.25) is 0 Å². The van der Waals surface area contributed by atoms with E-state index in [9.17, 15) is 24.6 Å². The highest BCUT2D eigenvalue weighted by Gasteiger charge is 2.29. The van der Waals surface area contributed by atoms with Crippen molar-refractivity contribution < 1.29 is 29.3 Å². The Hall–Kier alpha value is -4.01. The molecule has 2 rings (SSSR count). The molecule has 1 amide bonds. The minimum atomic E-state index is -1.39. The zero-order valence-corrected chi connectivity index (χ0v) is 19.3. The molecule has 9 nitrogen and oxygen atoms in total. The van der Waals surface area contributed by atoms with Gasteiger partial charge in [0.1, 0.15) is 11.6 Å². The number of carbonyl (C=O) groups excluding carboxylic acids is 1. The summed E-state index contributed by atoms with van der Waals surface area (Å²) >= 11 is 0. The third-order valence-corrected chi connectivity index (χ3v) is 4.52. The van der Waals surface area contributed by atoms with Crippen LogP contribution in [-0.4, -0.2) is 39.9 Å². The standard InChI is InChI=1S/C25H29N3O6/c1-25(2,3)34-24(33)26-21(23(31)32)16-18(22(29)30)9-7-8-17-12-14-20(15-13-17)28-27-19-10-5-4-6-11-19/h4-8,10-15,18,21H,9,16H2,1-3H3,(H,26,33)(H,29,30)(H,31,32)/t18-,21+/m1/s1. The molecule has 0 saturated carbocycles. The van der Waals surface area contributed by atoms with Crippen LogP contribution in [0.2, 0.25) is 0 Å². The maximum atomic E-state index is 11.9. The number of amides is 1. The Balaban J connectivity index is 1.96. The first-order chi connectivity index (χ1) is 16.0. The van der Waals surface area contributed by atoms with Crippen molar-refractivity contribution in [2.24, 2.45) is 16.1 Å². The largest absolute Gasteiger partial charge is 0.481 e. The fourth-order valence-electron chi connectivity index (χ4n) is 2.88. The number of rotatable bonds is 10. The van der Waals surface area contributed by atoms with Crippen LogP contribution in [0.1, 0.15) is 39.2 Å². The predicted octanol–water partition coefficient (Wildman–Crippen LogP) is 5.57. The van der Waals surface area contributed by atoms with E-state index in [1.165, 1.54) is 0 Å². The molecule has 3 N–H and O–H groups in total. The van der Waals surface area contributed by atoms with Gasteiger partial charge in [-0.2, -0.15) is 10.2 Å². The van der Waals surface area contributed by atoms with Crippen molar-refractivity contribution in [1.29, 1.82) is 0 Å². The van der Waals surface area contributed by atoms with Gasteiger partial charge in [0, 0.05) is 0 Å². The normalized spacial score (nSPS) is 13.5. The molecule has 0 aliphatic heterocycles. The maximum absolute atomic E-state index is 11.9. The quantitative estimate of drug-likeness (QED) is 0.390. The van der Waals surface area contributed by atoms with Crippen molar-refractivity contribution in [3.63, 3.8) is 0 Å². The highest BCUT2D eigenvalue weighted by atomic mass is 16.6. The van der Waals surface area contributed by atoms with E-state index in [2.05, 4.69) is 15.5 Å². The Labute approximate surface area is 198 Å². The van der Waals surface area contributed by atoms with Gasteiger partial charge in [-0.1, -0.05) is 42.5 Å². The van der Waals surface area contributed by atoms with E-state index in [0.717, 1.165) is 11.3 Å². The number of hydrogen-bond acceptors (Lipinski definition) is 6. The van der Waals surface area contributed by atoms with E-state index < -0.39 is 35.6 Å². The first-order valence-electron chi connectivity index (χ1n) is 10.7.